The van der Waals surface area contributed by atoms with Crippen molar-refractivity contribution in [2.45, 2.75) is 13.3 Å². The van der Waals surface area contributed by atoms with Gasteiger partial charge in [0.1, 0.15) is 23.9 Å². The fourth-order valence-corrected chi connectivity index (χ4v) is 2.56. The normalized spacial score (nSPS) is 12.9. The third-order valence-electron chi connectivity index (χ3n) is 3.86. The van der Waals surface area contributed by atoms with Crippen molar-refractivity contribution in [3.63, 3.8) is 0 Å². The summed E-state index contributed by atoms with van der Waals surface area (Å²) in [7, 11) is 0. The van der Waals surface area contributed by atoms with E-state index >= 15 is 0 Å². The Morgan fingerprint density at radius 3 is 2.52 bits per heavy atom. The Labute approximate surface area is 157 Å². The van der Waals surface area contributed by atoms with E-state index in [0.29, 0.717) is 56.3 Å². The highest BCUT2D eigenvalue weighted by atomic mass is 16.5. The highest BCUT2D eigenvalue weighted by Crippen LogP contribution is 2.27. The van der Waals surface area contributed by atoms with Gasteiger partial charge in [0.15, 0.2) is 5.57 Å². The summed E-state index contributed by atoms with van der Waals surface area (Å²) in [5.74, 6) is -0.467. The summed E-state index contributed by atoms with van der Waals surface area (Å²) in [6.45, 7) is 4.64. The van der Waals surface area contributed by atoms with E-state index < -0.39 is 5.97 Å². The van der Waals surface area contributed by atoms with Gasteiger partial charge in [-0.1, -0.05) is 6.92 Å². The van der Waals surface area contributed by atoms with E-state index in [2.05, 4.69) is 5.32 Å². The second kappa shape index (κ2) is 9.82. The molecule has 2 rings (SSSR count). The molecule has 0 spiro atoms. The Hall–Kier alpha value is -3.54. The van der Waals surface area contributed by atoms with Crippen molar-refractivity contribution in [3.8, 4) is 18.2 Å². The Kier molecular flexibility index (Phi) is 7.19. The van der Waals surface area contributed by atoms with Gasteiger partial charge < -0.3 is 19.7 Å². The molecule has 1 aliphatic heterocycles. The molecule has 1 aliphatic rings. The van der Waals surface area contributed by atoms with Crippen molar-refractivity contribution in [1.82, 2.24) is 0 Å². The first-order valence-corrected chi connectivity index (χ1v) is 8.50. The number of allylic oxidation sites excluding steroid dienone is 2. The van der Waals surface area contributed by atoms with Gasteiger partial charge >= 0.3 is 5.97 Å². The van der Waals surface area contributed by atoms with Crippen LogP contribution in [0.2, 0.25) is 0 Å². The standard InChI is InChI=1S/C19H19N5O3/c1-2-7-27-19(25)16-10-15(23-17(13-22)14(11-20)12-21)3-4-18(16)24-5-8-26-9-6-24/h3-4,10,23H,2,5-9H2,1H3. The third-order valence-corrected chi connectivity index (χ3v) is 3.86. The molecule has 0 saturated carbocycles. The van der Waals surface area contributed by atoms with Crippen molar-refractivity contribution < 1.29 is 14.3 Å². The summed E-state index contributed by atoms with van der Waals surface area (Å²) in [6.07, 6.45) is 0.700. The molecule has 0 bridgehead atoms. The molecular formula is C19H19N5O3. The maximum absolute atomic E-state index is 12.5. The number of hydrogen-bond donors (Lipinski definition) is 1. The molecular weight excluding hydrogens is 346 g/mol. The second-order valence-corrected chi connectivity index (χ2v) is 5.68. The van der Waals surface area contributed by atoms with Crippen molar-refractivity contribution in [1.29, 1.82) is 15.8 Å². The molecule has 1 heterocycles. The van der Waals surface area contributed by atoms with Gasteiger partial charge in [0, 0.05) is 18.8 Å². The summed E-state index contributed by atoms with van der Waals surface area (Å²) >= 11 is 0. The smallest absolute Gasteiger partial charge is 0.340 e. The molecule has 0 amide bonds. The predicted molar refractivity (Wildman–Crippen MR) is 97.5 cm³/mol. The topological polar surface area (TPSA) is 122 Å². The average molecular weight is 365 g/mol. The minimum atomic E-state index is -0.467. The maximum atomic E-state index is 12.5. The fourth-order valence-electron chi connectivity index (χ4n) is 2.56. The van der Waals surface area contributed by atoms with Gasteiger partial charge in [0.2, 0.25) is 0 Å². The molecule has 0 unspecified atom stereocenters. The Bertz CT molecular complexity index is 836. The molecule has 27 heavy (non-hydrogen) atoms. The van der Waals surface area contributed by atoms with E-state index in [4.69, 9.17) is 20.0 Å². The third kappa shape index (κ3) is 4.98. The van der Waals surface area contributed by atoms with Crippen LogP contribution in [0.25, 0.3) is 0 Å². The van der Waals surface area contributed by atoms with Crippen molar-refractivity contribution in [2.75, 3.05) is 43.1 Å². The highest BCUT2D eigenvalue weighted by molar-refractivity contribution is 5.97. The van der Waals surface area contributed by atoms with Gasteiger partial charge in [-0.3, -0.25) is 0 Å². The van der Waals surface area contributed by atoms with Crippen LogP contribution in [0.1, 0.15) is 23.7 Å². The number of anilines is 2. The van der Waals surface area contributed by atoms with Crippen LogP contribution in [0.3, 0.4) is 0 Å². The first-order valence-electron chi connectivity index (χ1n) is 8.50. The quantitative estimate of drug-likeness (QED) is 0.602. The summed E-state index contributed by atoms with van der Waals surface area (Å²) < 4.78 is 10.6. The van der Waals surface area contributed by atoms with Crippen LogP contribution < -0.4 is 10.2 Å². The molecule has 1 fully saturated rings. The number of nitrogens with one attached hydrogen (secondary N) is 1. The van der Waals surface area contributed by atoms with Gasteiger partial charge in [-0.15, -0.1) is 0 Å². The SMILES string of the molecule is CCCOC(=O)c1cc(NC(C#N)=C(C#N)C#N)ccc1N1CCOCC1. The lowest BCUT2D eigenvalue weighted by molar-refractivity contribution is 0.0505. The second-order valence-electron chi connectivity index (χ2n) is 5.68. The zero-order valence-corrected chi connectivity index (χ0v) is 15.0. The molecule has 0 atom stereocenters. The fraction of sp³-hybridized carbons (Fsp3) is 0.368. The number of nitriles is 3. The average Bonchev–Trinajstić information content (AvgIpc) is 2.72. The first-order chi connectivity index (χ1) is 13.1. The highest BCUT2D eigenvalue weighted by Gasteiger charge is 2.21. The summed E-state index contributed by atoms with van der Waals surface area (Å²) in [5, 5.41) is 29.8. The monoisotopic (exact) mass is 365 g/mol. The van der Waals surface area contributed by atoms with E-state index in [1.165, 1.54) is 0 Å². The van der Waals surface area contributed by atoms with Crippen LogP contribution in [0.15, 0.2) is 29.5 Å². The number of rotatable bonds is 6. The molecule has 1 aromatic rings. The molecule has 0 aromatic heterocycles. The zero-order chi connectivity index (χ0) is 19.6. The summed E-state index contributed by atoms with van der Waals surface area (Å²) in [4.78, 5) is 14.6. The van der Waals surface area contributed by atoms with E-state index in [0.717, 1.165) is 0 Å². The van der Waals surface area contributed by atoms with Gasteiger partial charge in [0.05, 0.1) is 31.1 Å². The Balaban J connectivity index is 2.40. The molecule has 1 N–H and O–H groups in total. The Morgan fingerprint density at radius 1 is 1.22 bits per heavy atom. The number of ether oxygens (including phenoxy) is 2. The minimum absolute atomic E-state index is 0.174. The van der Waals surface area contributed by atoms with Crippen LogP contribution >= 0.6 is 0 Å². The van der Waals surface area contributed by atoms with Gasteiger partial charge in [0.25, 0.3) is 0 Å². The number of benzene rings is 1. The lowest BCUT2D eigenvalue weighted by atomic mass is 10.1. The van der Waals surface area contributed by atoms with Gasteiger partial charge in [-0.05, 0) is 24.6 Å². The van der Waals surface area contributed by atoms with Crippen molar-refractivity contribution in [2.24, 2.45) is 0 Å². The van der Waals surface area contributed by atoms with Crippen LogP contribution in [-0.4, -0.2) is 38.9 Å². The predicted octanol–water partition coefficient (Wildman–Crippen LogP) is 2.33. The lowest BCUT2D eigenvalue weighted by Gasteiger charge is -2.30. The van der Waals surface area contributed by atoms with Gasteiger partial charge in [-0.25, -0.2) is 4.79 Å². The molecule has 8 nitrogen and oxygen atoms in total. The molecule has 1 saturated heterocycles. The minimum Gasteiger partial charge on any atom is -0.462 e. The molecule has 0 radical (unpaired) electrons. The zero-order valence-electron chi connectivity index (χ0n) is 15.0. The molecule has 8 heteroatoms. The van der Waals surface area contributed by atoms with E-state index in [9.17, 15) is 10.1 Å². The summed E-state index contributed by atoms with van der Waals surface area (Å²) in [5.41, 5.74) is 0.975. The van der Waals surface area contributed by atoms with E-state index in [1.54, 1.807) is 36.4 Å². The van der Waals surface area contributed by atoms with Crippen LogP contribution in [0.5, 0.6) is 0 Å². The number of hydrogen-bond acceptors (Lipinski definition) is 8. The first kappa shape index (κ1) is 19.8. The number of carbonyl (C=O) groups excluding carboxylic acids is 1. The lowest BCUT2D eigenvalue weighted by Crippen LogP contribution is -2.37. The van der Waals surface area contributed by atoms with Gasteiger partial charge in [-0.2, -0.15) is 15.8 Å². The number of nitrogens with zero attached hydrogens (tertiary/aromatic N) is 4. The van der Waals surface area contributed by atoms with Crippen LogP contribution in [0, 0.1) is 34.0 Å². The van der Waals surface area contributed by atoms with Crippen molar-refractivity contribution >= 4 is 17.3 Å². The van der Waals surface area contributed by atoms with E-state index in [1.807, 2.05) is 11.8 Å². The Morgan fingerprint density at radius 2 is 1.93 bits per heavy atom. The number of carbonyl (C=O) groups is 1. The van der Waals surface area contributed by atoms with E-state index in [-0.39, 0.29) is 11.3 Å². The summed E-state index contributed by atoms with van der Waals surface area (Å²) in [6, 6.07) is 10.1. The molecule has 0 aliphatic carbocycles. The van der Waals surface area contributed by atoms with Crippen molar-refractivity contribution in [3.05, 3.63) is 35.0 Å². The molecule has 138 valence electrons. The largest absolute Gasteiger partial charge is 0.462 e. The van der Waals surface area contributed by atoms with Crippen LogP contribution in [-0.2, 0) is 9.47 Å². The van der Waals surface area contributed by atoms with Crippen LogP contribution in [0.4, 0.5) is 11.4 Å². The number of morpholine rings is 1. The number of esters is 1. The maximum Gasteiger partial charge on any atom is 0.340 e. The molecule has 1 aromatic carbocycles.